The lowest BCUT2D eigenvalue weighted by atomic mass is 9.82. The molecule has 0 fully saturated rings. The quantitative estimate of drug-likeness (QED) is 0.790. The van der Waals surface area contributed by atoms with Gasteiger partial charge in [0.15, 0.2) is 5.78 Å². The minimum absolute atomic E-state index is 0.0817. The van der Waals surface area contributed by atoms with Gasteiger partial charge in [0.1, 0.15) is 11.5 Å². The van der Waals surface area contributed by atoms with Crippen molar-refractivity contribution in [2.75, 3.05) is 14.2 Å². The maximum absolute atomic E-state index is 13.0. The molecule has 1 N–H and O–H groups in total. The van der Waals surface area contributed by atoms with Gasteiger partial charge in [-0.15, -0.1) is 0 Å². The average molecular weight is 326 g/mol. The number of carboxylic acids is 1. The molecule has 0 spiro atoms. The fourth-order valence-corrected chi connectivity index (χ4v) is 2.97. The second-order valence-corrected chi connectivity index (χ2v) is 5.29. The van der Waals surface area contributed by atoms with Crippen LogP contribution in [0.15, 0.2) is 30.3 Å². The van der Waals surface area contributed by atoms with Crippen LogP contribution in [0.4, 0.5) is 0 Å². The van der Waals surface area contributed by atoms with Crippen molar-refractivity contribution in [2.45, 2.75) is 6.42 Å². The van der Waals surface area contributed by atoms with Crippen LogP contribution < -0.4 is 9.47 Å². The van der Waals surface area contributed by atoms with Gasteiger partial charge in [-0.2, -0.15) is 0 Å². The topological polar surface area (TPSA) is 89.9 Å². The van der Waals surface area contributed by atoms with Crippen LogP contribution in [-0.2, 0) is 11.2 Å². The maximum Gasteiger partial charge on any atom is 0.307 e. The van der Waals surface area contributed by atoms with E-state index in [1.807, 2.05) is 0 Å². The Balaban J connectivity index is 2.29. The van der Waals surface area contributed by atoms with Gasteiger partial charge in [-0.1, -0.05) is 18.2 Å². The van der Waals surface area contributed by atoms with Gasteiger partial charge in [0.25, 0.3) is 0 Å². The largest absolute Gasteiger partial charge is 0.496 e. The van der Waals surface area contributed by atoms with Crippen LogP contribution in [0.2, 0.25) is 0 Å². The van der Waals surface area contributed by atoms with Crippen LogP contribution in [0.25, 0.3) is 0 Å². The highest BCUT2D eigenvalue weighted by Gasteiger charge is 2.35. The van der Waals surface area contributed by atoms with Crippen LogP contribution >= 0.6 is 0 Å². The Hall–Kier alpha value is -3.15. The van der Waals surface area contributed by atoms with Gasteiger partial charge < -0.3 is 14.6 Å². The molecule has 2 aromatic carbocycles. The molecular weight excluding hydrogens is 312 g/mol. The lowest BCUT2D eigenvalue weighted by Crippen LogP contribution is -2.23. The Labute approximate surface area is 137 Å². The first kappa shape index (κ1) is 15.7. The Morgan fingerprint density at radius 2 is 1.67 bits per heavy atom. The first-order valence-electron chi connectivity index (χ1n) is 7.17. The van der Waals surface area contributed by atoms with E-state index in [2.05, 4.69) is 0 Å². The van der Waals surface area contributed by atoms with E-state index in [1.165, 1.54) is 26.4 Å². The molecule has 0 radical (unpaired) electrons. The lowest BCUT2D eigenvalue weighted by molar-refractivity contribution is -0.136. The van der Waals surface area contributed by atoms with Gasteiger partial charge in [-0.3, -0.25) is 14.4 Å². The first-order valence-corrected chi connectivity index (χ1v) is 7.17. The molecule has 1 aliphatic carbocycles. The Morgan fingerprint density at radius 3 is 2.29 bits per heavy atom. The molecule has 0 atom stereocenters. The molecular formula is C18H14O6. The van der Waals surface area contributed by atoms with E-state index in [9.17, 15) is 14.4 Å². The van der Waals surface area contributed by atoms with E-state index in [0.717, 1.165) is 0 Å². The summed E-state index contributed by atoms with van der Waals surface area (Å²) in [5, 5.41) is 9.02. The van der Waals surface area contributed by atoms with Crippen molar-refractivity contribution >= 4 is 17.5 Å². The second-order valence-electron chi connectivity index (χ2n) is 5.29. The number of methoxy groups -OCH3 is 2. The highest BCUT2D eigenvalue weighted by molar-refractivity contribution is 6.30. The number of rotatable bonds is 4. The molecule has 0 saturated carbocycles. The molecule has 6 nitrogen and oxygen atoms in total. The molecule has 0 bridgehead atoms. The molecule has 0 heterocycles. The molecule has 1 aliphatic rings. The zero-order valence-corrected chi connectivity index (χ0v) is 13.1. The van der Waals surface area contributed by atoms with Gasteiger partial charge in [0.05, 0.1) is 31.8 Å². The highest BCUT2D eigenvalue weighted by Crippen LogP contribution is 2.38. The Bertz CT molecular complexity index is 881. The van der Waals surface area contributed by atoms with Crippen molar-refractivity contribution in [3.8, 4) is 11.5 Å². The Morgan fingerprint density at radius 1 is 0.958 bits per heavy atom. The molecule has 0 amide bonds. The minimum atomic E-state index is -1.05. The van der Waals surface area contributed by atoms with Gasteiger partial charge >= 0.3 is 5.97 Å². The summed E-state index contributed by atoms with van der Waals surface area (Å²) < 4.78 is 10.5. The lowest BCUT2D eigenvalue weighted by Gasteiger charge is -2.22. The van der Waals surface area contributed by atoms with E-state index in [-0.39, 0.29) is 40.2 Å². The van der Waals surface area contributed by atoms with Crippen molar-refractivity contribution in [1.29, 1.82) is 0 Å². The van der Waals surface area contributed by atoms with Gasteiger partial charge in [0, 0.05) is 16.7 Å². The number of carbonyl (C=O) groups is 3. The SMILES string of the molecule is COc1cccc2c1C(=O)c1c(ccc(CC(=O)O)c1OC)C2=O. The summed E-state index contributed by atoms with van der Waals surface area (Å²) in [7, 11) is 2.76. The molecule has 122 valence electrons. The van der Waals surface area contributed by atoms with Crippen LogP contribution in [0.3, 0.4) is 0 Å². The van der Waals surface area contributed by atoms with Crippen molar-refractivity contribution in [3.05, 3.63) is 58.1 Å². The molecule has 3 rings (SSSR count). The summed E-state index contributed by atoms with van der Waals surface area (Å²) in [6, 6.07) is 7.78. The molecule has 0 aliphatic heterocycles. The van der Waals surface area contributed by atoms with Crippen molar-refractivity contribution in [2.24, 2.45) is 0 Å². The van der Waals surface area contributed by atoms with E-state index >= 15 is 0 Å². The predicted octanol–water partition coefficient (Wildman–Crippen LogP) is 2.11. The summed E-state index contributed by atoms with van der Waals surface area (Å²) in [6.45, 7) is 0. The number of fused-ring (bicyclic) bond motifs is 2. The third-order valence-corrected chi connectivity index (χ3v) is 3.97. The van der Waals surface area contributed by atoms with Crippen molar-refractivity contribution in [3.63, 3.8) is 0 Å². The molecule has 0 saturated heterocycles. The Kier molecular flexibility index (Phi) is 3.81. The average Bonchev–Trinajstić information content (AvgIpc) is 2.58. The third-order valence-electron chi connectivity index (χ3n) is 3.97. The summed E-state index contributed by atoms with van der Waals surface area (Å²) in [5.41, 5.74) is 1.05. The van der Waals surface area contributed by atoms with E-state index in [4.69, 9.17) is 14.6 Å². The molecule has 24 heavy (non-hydrogen) atoms. The fraction of sp³-hybridized carbons (Fsp3) is 0.167. The summed E-state index contributed by atoms with van der Waals surface area (Å²) in [4.78, 5) is 36.8. The number of carboxylic acid groups (broad SMARTS) is 1. The van der Waals surface area contributed by atoms with Gasteiger partial charge in [0.2, 0.25) is 5.78 Å². The number of ketones is 2. The van der Waals surface area contributed by atoms with Crippen molar-refractivity contribution < 1.29 is 29.0 Å². The smallest absolute Gasteiger partial charge is 0.307 e. The monoisotopic (exact) mass is 326 g/mol. The maximum atomic E-state index is 13.0. The predicted molar refractivity (Wildman–Crippen MR) is 84.2 cm³/mol. The number of carbonyl (C=O) groups excluding carboxylic acids is 2. The number of benzene rings is 2. The van der Waals surface area contributed by atoms with Gasteiger partial charge in [-0.05, 0) is 12.1 Å². The van der Waals surface area contributed by atoms with Crippen LogP contribution in [0, 0.1) is 0 Å². The fourth-order valence-electron chi connectivity index (χ4n) is 2.97. The number of ether oxygens (including phenoxy) is 2. The summed E-state index contributed by atoms with van der Waals surface area (Å²) in [5.74, 6) is -1.38. The highest BCUT2D eigenvalue weighted by atomic mass is 16.5. The molecule has 0 unspecified atom stereocenters. The summed E-state index contributed by atoms with van der Waals surface area (Å²) >= 11 is 0. The zero-order valence-electron chi connectivity index (χ0n) is 13.1. The number of hydrogen-bond donors (Lipinski definition) is 1. The number of hydrogen-bond acceptors (Lipinski definition) is 5. The van der Waals surface area contributed by atoms with Crippen molar-refractivity contribution in [1.82, 2.24) is 0 Å². The number of aliphatic carboxylic acids is 1. The zero-order chi connectivity index (χ0) is 17.4. The van der Waals surface area contributed by atoms with Crippen LogP contribution in [0.5, 0.6) is 11.5 Å². The van der Waals surface area contributed by atoms with E-state index < -0.39 is 11.8 Å². The normalized spacial score (nSPS) is 12.4. The summed E-state index contributed by atoms with van der Waals surface area (Å²) in [6.07, 6.45) is -0.309. The standard InChI is InChI=1S/C18H14O6/c1-23-12-5-3-4-10-14(12)17(22)15-11(16(10)21)7-6-9(8-13(19)20)18(15)24-2/h3-7H,8H2,1-2H3,(H,19,20). The van der Waals surface area contributed by atoms with Crippen LogP contribution in [-0.4, -0.2) is 36.9 Å². The molecule has 6 heteroatoms. The van der Waals surface area contributed by atoms with Gasteiger partial charge in [-0.25, -0.2) is 0 Å². The van der Waals surface area contributed by atoms with E-state index in [1.54, 1.807) is 18.2 Å². The minimum Gasteiger partial charge on any atom is -0.496 e. The molecule has 2 aromatic rings. The second kappa shape index (κ2) is 5.81. The van der Waals surface area contributed by atoms with Crippen LogP contribution in [0.1, 0.15) is 37.4 Å². The first-order chi connectivity index (χ1) is 11.5. The third kappa shape index (κ3) is 2.23. The molecule has 0 aromatic heterocycles. The van der Waals surface area contributed by atoms with E-state index in [0.29, 0.717) is 11.3 Å².